The van der Waals surface area contributed by atoms with Gasteiger partial charge in [-0.15, -0.1) is 0 Å². The molecule has 5 nitrogen and oxygen atoms in total. The van der Waals surface area contributed by atoms with Gasteiger partial charge < -0.3 is 10.3 Å². The second-order valence-corrected chi connectivity index (χ2v) is 4.84. The van der Waals surface area contributed by atoms with Crippen molar-refractivity contribution in [1.82, 2.24) is 15.0 Å². The normalized spacial score (nSPS) is 22.1. The SMILES string of the molecule is CC(C)C1CCN(Cc2noc(CN)n2)C1. The summed E-state index contributed by atoms with van der Waals surface area (Å²) in [5, 5.41) is 3.91. The number of aromatic nitrogens is 2. The molecule has 1 fully saturated rings. The van der Waals surface area contributed by atoms with Crippen molar-refractivity contribution in [1.29, 1.82) is 0 Å². The molecule has 0 aromatic carbocycles. The van der Waals surface area contributed by atoms with Crippen LogP contribution in [-0.4, -0.2) is 28.1 Å². The highest BCUT2D eigenvalue weighted by Crippen LogP contribution is 2.24. The lowest BCUT2D eigenvalue weighted by atomic mass is 9.95. The van der Waals surface area contributed by atoms with Gasteiger partial charge in [0.2, 0.25) is 5.89 Å². The van der Waals surface area contributed by atoms with Crippen LogP contribution in [0.3, 0.4) is 0 Å². The number of nitrogens with two attached hydrogens (primary N) is 1. The predicted molar refractivity (Wildman–Crippen MR) is 60.4 cm³/mol. The Hall–Kier alpha value is -0.940. The van der Waals surface area contributed by atoms with Crippen molar-refractivity contribution in [2.24, 2.45) is 17.6 Å². The third-order valence-corrected chi connectivity index (χ3v) is 3.30. The number of nitrogens with zero attached hydrogens (tertiary/aromatic N) is 3. The summed E-state index contributed by atoms with van der Waals surface area (Å²) >= 11 is 0. The van der Waals surface area contributed by atoms with Gasteiger partial charge >= 0.3 is 0 Å². The summed E-state index contributed by atoms with van der Waals surface area (Å²) in [6.45, 7) is 7.96. The zero-order valence-electron chi connectivity index (χ0n) is 10.0. The fourth-order valence-electron chi connectivity index (χ4n) is 2.19. The largest absolute Gasteiger partial charge is 0.338 e. The maximum Gasteiger partial charge on any atom is 0.240 e. The maximum atomic E-state index is 5.42. The van der Waals surface area contributed by atoms with Crippen molar-refractivity contribution in [3.63, 3.8) is 0 Å². The summed E-state index contributed by atoms with van der Waals surface area (Å²) in [5.74, 6) is 2.84. The van der Waals surface area contributed by atoms with E-state index in [1.165, 1.54) is 6.42 Å². The molecule has 0 radical (unpaired) electrons. The van der Waals surface area contributed by atoms with Gasteiger partial charge in [0.05, 0.1) is 13.1 Å². The zero-order valence-corrected chi connectivity index (χ0v) is 10.0. The van der Waals surface area contributed by atoms with Crippen molar-refractivity contribution >= 4 is 0 Å². The summed E-state index contributed by atoms with van der Waals surface area (Å²) in [4.78, 5) is 6.60. The summed E-state index contributed by atoms with van der Waals surface area (Å²) in [6, 6.07) is 0. The minimum Gasteiger partial charge on any atom is -0.338 e. The molecule has 5 heteroatoms. The Labute approximate surface area is 96.0 Å². The summed E-state index contributed by atoms with van der Waals surface area (Å²) < 4.78 is 4.99. The van der Waals surface area contributed by atoms with E-state index in [0.29, 0.717) is 12.4 Å². The molecule has 2 heterocycles. The van der Waals surface area contributed by atoms with Crippen LogP contribution in [0.25, 0.3) is 0 Å². The first-order valence-electron chi connectivity index (χ1n) is 5.93. The second kappa shape index (κ2) is 4.93. The topological polar surface area (TPSA) is 68.2 Å². The first-order chi connectivity index (χ1) is 7.69. The monoisotopic (exact) mass is 224 g/mol. The smallest absolute Gasteiger partial charge is 0.240 e. The van der Waals surface area contributed by atoms with Crippen molar-refractivity contribution in [3.8, 4) is 0 Å². The van der Waals surface area contributed by atoms with Crippen LogP contribution in [0.1, 0.15) is 32.0 Å². The molecule has 0 amide bonds. The number of likely N-dealkylation sites (tertiary alicyclic amines) is 1. The molecular weight excluding hydrogens is 204 g/mol. The first-order valence-corrected chi connectivity index (χ1v) is 5.93. The van der Waals surface area contributed by atoms with Crippen molar-refractivity contribution in [3.05, 3.63) is 11.7 Å². The van der Waals surface area contributed by atoms with Gasteiger partial charge in [-0.3, -0.25) is 4.90 Å². The molecule has 16 heavy (non-hydrogen) atoms. The third kappa shape index (κ3) is 2.59. The minimum absolute atomic E-state index is 0.321. The molecule has 0 bridgehead atoms. The maximum absolute atomic E-state index is 5.42. The summed E-state index contributed by atoms with van der Waals surface area (Å²) in [5.41, 5.74) is 5.42. The molecule has 1 unspecified atom stereocenters. The number of hydrogen-bond acceptors (Lipinski definition) is 5. The fourth-order valence-corrected chi connectivity index (χ4v) is 2.19. The highest BCUT2D eigenvalue weighted by Gasteiger charge is 2.25. The van der Waals surface area contributed by atoms with Gasteiger partial charge in [0, 0.05) is 6.54 Å². The van der Waals surface area contributed by atoms with Crippen LogP contribution in [0.15, 0.2) is 4.52 Å². The van der Waals surface area contributed by atoms with Gasteiger partial charge in [-0.1, -0.05) is 19.0 Å². The van der Waals surface area contributed by atoms with E-state index in [1.807, 2.05) is 0 Å². The van der Waals surface area contributed by atoms with Gasteiger partial charge in [0.25, 0.3) is 0 Å². The van der Waals surface area contributed by atoms with Gasteiger partial charge in [0.1, 0.15) is 0 Å². The van der Waals surface area contributed by atoms with E-state index in [2.05, 4.69) is 28.9 Å². The number of rotatable bonds is 4. The molecule has 1 aliphatic heterocycles. The average Bonchev–Trinajstić information content (AvgIpc) is 2.87. The summed E-state index contributed by atoms with van der Waals surface area (Å²) in [6.07, 6.45) is 1.28. The van der Waals surface area contributed by atoms with Crippen molar-refractivity contribution in [2.45, 2.75) is 33.4 Å². The van der Waals surface area contributed by atoms with Gasteiger partial charge in [-0.2, -0.15) is 4.98 Å². The first kappa shape index (κ1) is 11.5. The van der Waals surface area contributed by atoms with E-state index >= 15 is 0 Å². The quantitative estimate of drug-likeness (QED) is 0.826. The van der Waals surface area contributed by atoms with Gasteiger partial charge in [-0.25, -0.2) is 0 Å². The molecule has 1 atom stereocenters. The Morgan fingerprint density at radius 3 is 2.94 bits per heavy atom. The van der Waals surface area contributed by atoms with Crippen LogP contribution >= 0.6 is 0 Å². The highest BCUT2D eigenvalue weighted by atomic mass is 16.5. The van der Waals surface area contributed by atoms with Crippen LogP contribution in [0.2, 0.25) is 0 Å². The van der Waals surface area contributed by atoms with Gasteiger partial charge in [-0.05, 0) is 24.8 Å². The summed E-state index contributed by atoms with van der Waals surface area (Å²) in [7, 11) is 0. The van der Waals surface area contributed by atoms with E-state index in [-0.39, 0.29) is 0 Å². The molecule has 2 N–H and O–H groups in total. The average molecular weight is 224 g/mol. The highest BCUT2D eigenvalue weighted by molar-refractivity contribution is 4.88. The van der Waals surface area contributed by atoms with Crippen LogP contribution in [0, 0.1) is 11.8 Å². The number of hydrogen-bond donors (Lipinski definition) is 1. The molecule has 1 aliphatic rings. The van der Waals surface area contributed by atoms with E-state index in [1.54, 1.807) is 0 Å². The lowest BCUT2D eigenvalue weighted by Gasteiger charge is -2.15. The Bertz CT molecular complexity index is 336. The third-order valence-electron chi connectivity index (χ3n) is 3.30. The standard InChI is InChI=1S/C11H20N4O/c1-8(2)9-3-4-15(6-9)7-10-13-11(5-12)16-14-10/h8-9H,3-7,12H2,1-2H3. The molecule has 1 aromatic rings. The second-order valence-electron chi connectivity index (χ2n) is 4.84. The van der Waals surface area contributed by atoms with Crippen molar-refractivity contribution < 1.29 is 4.52 Å². The molecular formula is C11H20N4O. The lowest BCUT2D eigenvalue weighted by molar-refractivity contribution is 0.283. The van der Waals surface area contributed by atoms with E-state index in [4.69, 9.17) is 10.3 Å². The zero-order chi connectivity index (χ0) is 11.5. The fraction of sp³-hybridized carbons (Fsp3) is 0.818. The van der Waals surface area contributed by atoms with Crippen molar-refractivity contribution in [2.75, 3.05) is 13.1 Å². The van der Waals surface area contributed by atoms with Crippen LogP contribution in [0.5, 0.6) is 0 Å². The predicted octanol–water partition coefficient (Wildman–Crippen LogP) is 1.01. The molecule has 0 spiro atoms. The molecule has 0 aliphatic carbocycles. The molecule has 1 aromatic heterocycles. The molecule has 1 saturated heterocycles. The van der Waals surface area contributed by atoms with Crippen LogP contribution < -0.4 is 5.73 Å². The molecule has 90 valence electrons. The Morgan fingerprint density at radius 2 is 2.38 bits per heavy atom. The van der Waals surface area contributed by atoms with E-state index in [0.717, 1.165) is 37.3 Å². The van der Waals surface area contributed by atoms with Crippen LogP contribution in [0.4, 0.5) is 0 Å². The molecule has 0 saturated carbocycles. The minimum atomic E-state index is 0.321. The Balaban J connectivity index is 1.87. The van der Waals surface area contributed by atoms with Crippen LogP contribution in [-0.2, 0) is 13.1 Å². The van der Waals surface area contributed by atoms with Gasteiger partial charge in [0.15, 0.2) is 5.82 Å². The van der Waals surface area contributed by atoms with E-state index in [9.17, 15) is 0 Å². The Morgan fingerprint density at radius 1 is 1.56 bits per heavy atom. The Kier molecular flexibility index (Phi) is 3.56. The lowest BCUT2D eigenvalue weighted by Crippen LogP contribution is -2.22. The van der Waals surface area contributed by atoms with E-state index < -0.39 is 0 Å². The molecule has 2 rings (SSSR count).